The normalized spacial score (nSPS) is 16.5. The van der Waals surface area contributed by atoms with Gasteiger partial charge in [0.2, 0.25) is 0 Å². The second-order valence-corrected chi connectivity index (χ2v) is 8.76. The summed E-state index contributed by atoms with van der Waals surface area (Å²) >= 11 is 0. The molecule has 3 aromatic rings. The summed E-state index contributed by atoms with van der Waals surface area (Å²) in [5.41, 5.74) is 5.69. The number of carbonyl (C=O) groups is 1. The summed E-state index contributed by atoms with van der Waals surface area (Å²) in [6.45, 7) is 2.04. The maximum atomic E-state index is 12.4. The third kappa shape index (κ3) is 5.58. The van der Waals surface area contributed by atoms with Crippen molar-refractivity contribution in [1.29, 1.82) is 0 Å². The molecule has 4 nitrogen and oxygen atoms in total. The van der Waals surface area contributed by atoms with E-state index in [1.165, 1.54) is 29.5 Å². The highest BCUT2D eigenvalue weighted by Crippen LogP contribution is 2.37. The van der Waals surface area contributed by atoms with Crippen molar-refractivity contribution in [2.75, 3.05) is 0 Å². The van der Waals surface area contributed by atoms with Crippen molar-refractivity contribution in [3.63, 3.8) is 0 Å². The lowest BCUT2D eigenvalue weighted by molar-refractivity contribution is -0.274. The van der Waals surface area contributed by atoms with Crippen molar-refractivity contribution in [2.24, 2.45) is 0 Å². The summed E-state index contributed by atoms with van der Waals surface area (Å²) in [4.78, 5) is 15.6. The van der Waals surface area contributed by atoms with Crippen molar-refractivity contribution in [1.82, 2.24) is 4.98 Å². The van der Waals surface area contributed by atoms with E-state index in [9.17, 15) is 23.1 Å². The topological polar surface area (TPSA) is 59.4 Å². The molecule has 2 aromatic carbocycles. The molecule has 7 heteroatoms. The average Bonchev–Trinajstić information content (AvgIpc) is 2.81. The zero-order valence-electron chi connectivity index (χ0n) is 18.8. The highest BCUT2D eigenvalue weighted by atomic mass is 19.4. The SMILES string of the molecule is CC(c1ccc(OC(F)(F)F)cc1)c1ccc2c(c1)CCC[C@H]2CCc1cnccc1C(=O)O. The quantitative estimate of drug-likeness (QED) is 0.410. The number of pyridine rings is 1. The van der Waals surface area contributed by atoms with Gasteiger partial charge in [0.25, 0.3) is 0 Å². The first-order valence-electron chi connectivity index (χ1n) is 11.4. The van der Waals surface area contributed by atoms with Gasteiger partial charge in [0.05, 0.1) is 5.56 Å². The molecule has 1 aliphatic rings. The number of hydrogen-bond donors (Lipinski definition) is 1. The van der Waals surface area contributed by atoms with Crippen molar-refractivity contribution >= 4 is 5.97 Å². The molecule has 0 amide bonds. The largest absolute Gasteiger partial charge is 0.573 e. The fraction of sp³-hybridized carbons (Fsp3) is 0.333. The molecule has 1 N–H and O–H groups in total. The highest BCUT2D eigenvalue weighted by Gasteiger charge is 2.31. The number of halogens is 3. The summed E-state index contributed by atoms with van der Waals surface area (Å²) in [5.74, 6) is -0.776. The maximum absolute atomic E-state index is 12.4. The van der Waals surface area contributed by atoms with Gasteiger partial charge in [-0.2, -0.15) is 0 Å². The molecule has 1 unspecified atom stereocenters. The van der Waals surface area contributed by atoms with Crippen molar-refractivity contribution in [2.45, 2.75) is 57.2 Å². The molecule has 1 aliphatic carbocycles. The van der Waals surface area contributed by atoms with Crippen LogP contribution in [0.25, 0.3) is 0 Å². The predicted molar refractivity (Wildman–Crippen MR) is 122 cm³/mol. The van der Waals surface area contributed by atoms with Crippen LogP contribution in [0.4, 0.5) is 13.2 Å². The van der Waals surface area contributed by atoms with E-state index >= 15 is 0 Å². The summed E-state index contributed by atoms with van der Waals surface area (Å²) in [6.07, 6.45) is 3.07. The monoisotopic (exact) mass is 469 g/mol. The molecule has 0 saturated heterocycles. The first-order valence-corrected chi connectivity index (χ1v) is 11.4. The average molecular weight is 470 g/mol. The zero-order valence-corrected chi connectivity index (χ0v) is 18.8. The maximum Gasteiger partial charge on any atom is 0.573 e. The van der Waals surface area contributed by atoms with Crippen molar-refractivity contribution < 1.29 is 27.8 Å². The number of carboxylic acid groups (broad SMARTS) is 1. The van der Waals surface area contributed by atoms with Crippen molar-refractivity contribution in [3.05, 3.63) is 94.3 Å². The molecule has 1 aromatic heterocycles. The molecule has 0 bridgehead atoms. The third-order valence-electron chi connectivity index (χ3n) is 6.62. The first-order chi connectivity index (χ1) is 16.2. The Morgan fingerprint density at radius 1 is 1.15 bits per heavy atom. The zero-order chi connectivity index (χ0) is 24.3. The third-order valence-corrected chi connectivity index (χ3v) is 6.62. The molecule has 0 radical (unpaired) electrons. The Bertz CT molecular complexity index is 1160. The first kappa shape index (κ1) is 23.8. The van der Waals surface area contributed by atoms with Crippen LogP contribution in [0.15, 0.2) is 60.9 Å². The minimum atomic E-state index is -4.70. The molecule has 0 spiro atoms. The molecular weight excluding hydrogens is 443 g/mol. The van der Waals surface area contributed by atoms with E-state index in [1.807, 2.05) is 6.92 Å². The molecule has 2 atom stereocenters. The van der Waals surface area contributed by atoms with Crippen LogP contribution >= 0.6 is 0 Å². The van der Waals surface area contributed by atoms with Gasteiger partial charge in [-0.05, 0) is 84.0 Å². The van der Waals surface area contributed by atoms with E-state index in [0.29, 0.717) is 17.9 Å². The van der Waals surface area contributed by atoms with Crippen LogP contribution in [0, 0.1) is 0 Å². The van der Waals surface area contributed by atoms with Gasteiger partial charge in [-0.1, -0.05) is 37.3 Å². The number of rotatable bonds is 7. The van der Waals surface area contributed by atoms with Crippen LogP contribution in [-0.2, 0) is 12.8 Å². The number of aromatic carboxylic acids is 1. The number of aryl methyl sites for hydroxylation is 2. The summed E-state index contributed by atoms with van der Waals surface area (Å²) in [5, 5.41) is 9.42. The lowest BCUT2D eigenvalue weighted by Gasteiger charge is -2.27. The van der Waals surface area contributed by atoms with Crippen LogP contribution in [0.1, 0.15) is 76.2 Å². The lowest BCUT2D eigenvalue weighted by atomic mass is 9.78. The Morgan fingerprint density at radius 2 is 1.88 bits per heavy atom. The molecule has 1 heterocycles. The van der Waals surface area contributed by atoms with E-state index in [2.05, 4.69) is 27.9 Å². The molecule has 34 heavy (non-hydrogen) atoms. The Labute approximate surface area is 196 Å². The van der Waals surface area contributed by atoms with Gasteiger partial charge >= 0.3 is 12.3 Å². The molecule has 178 valence electrons. The molecule has 0 saturated carbocycles. The number of alkyl halides is 3. The Hall–Kier alpha value is -3.35. The second-order valence-electron chi connectivity index (χ2n) is 8.76. The van der Waals surface area contributed by atoms with E-state index in [4.69, 9.17) is 0 Å². The van der Waals surface area contributed by atoms with Gasteiger partial charge in [0.15, 0.2) is 0 Å². The van der Waals surface area contributed by atoms with Gasteiger partial charge in [0.1, 0.15) is 5.75 Å². The van der Waals surface area contributed by atoms with E-state index in [-0.39, 0.29) is 11.7 Å². The number of aromatic nitrogens is 1. The van der Waals surface area contributed by atoms with Crippen LogP contribution in [0.3, 0.4) is 0 Å². The van der Waals surface area contributed by atoms with Gasteiger partial charge in [-0.3, -0.25) is 4.98 Å². The standard InChI is InChI=1S/C27H26F3NO3/c1-17(18-7-10-23(11-8-18)34-27(28,29)30)20-9-12-24-19(3-2-4-21(24)15-20)5-6-22-16-31-14-13-25(22)26(32)33/h7-17,19H,2-6H2,1H3,(H,32,33)/t17?,19-/m0/s1. The van der Waals surface area contributed by atoms with E-state index in [0.717, 1.165) is 42.4 Å². The number of benzene rings is 2. The van der Waals surface area contributed by atoms with E-state index < -0.39 is 12.3 Å². The van der Waals surface area contributed by atoms with Crippen LogP contribution in [0.5, 0.6) is 5.75 Å². The number of ether oxygens (including phenoxy) is 1. The predicted octanol–water partition coefficient (Wildman–Crippen LogP) is 6.88. The van der Waals surface area contributed by atoms with Crippen LogP contribution in [0.2, 0.25) is 0 Å². The number of fused-ring (bicyclic) bond motifs is 1. The van der Waals surface area contributed by atoms with E-state index in [1.54, 1.807) is 24.4 Å². The summed E-state index contributed by atoms with van der Waals surface area (Å²) in [6, 6.07) is 14.0. The Morgan fingerprint density at radius 3 is 2.59 bits per heavy atom. The van der Waals surface area contributed by atoms with Gasteiger partial charge in [-0.25, -0.2) is 4.79 Å². The minimum Gasteiger partial charge on any atom is -0.478 e. The fourth-order valence-electron chi connectivity index (χ4n) is 4.82. The van der Waals surface area contributed by atoms with Crippen molar-refractivity contribution in [3.8, 4) is 5.75 Å². The number of nitrogens with zero attached hydrogens (tertiary/aromatic N) is 1. The fourth-order valence-corrected chi connectivity index (χ4v) is 4.82. The summed E-state index contributed by atoms with van der Waals surface area (Å²) < 4.78 is 41.2. The molecule has 0 aliphatic heterocycles. The van der Waals surface area contributed by atoms with Gasteiger partial charge in [0, 0.05) is 18.3 Å². The number of carboxylic acids is 1. The van der Waals surface area contributed by atoms with Crippen LogP contribution < -0.4 is 4.74 Å². The Balaban J connectivity index is 1.48. The lowest BCUT2D eigenvalue weighted by Crippen LogP contribution is -2.17. The molecule has 0 fully saturated rings. The Kier molecular flexibility index (Phi) is 6.91. The van der Waals surface area contributed by atoms with Gasteiger partial charge in [-0.15, -0.1) is 13.2 Å². The number of hydrogen-bond acceptors (Lipinski definition) is 3. The smallest absolute Gasteiger partial charge is 0.478 e. The minimum absolute atomic E-state index is 0.0270. The molecular formula is C27H26F3NO3. The highest BCUT2D eigenvalue weighted by molar-refractivity contribution is 5.89. The van der Waals surface area contributed by atoms with Gasteiger partial charge < -0.3 is 9.84 Å². The summed E-state index contributed by atoms with van der Waals surface area (Å²) in [7, 11) is 0. The van der Waals surface area contributed by atoms with Crippen LogP contribution in [-0.4, -0.2) is 22.4 Å². The second kappa shape index (κ2) is 9.87. The molecule has 4 rings (SSSR count).